The number of carbonyl (C=O) groups is 6. The van der Waals surface area contributed by atoms with E-state index >= 15 is 9.59 Å². The van der Waals surface area contributed by atoms with E-state index in [9.17, 15) is 19.2 Å². The first-order valence-corrected chi connectivity index (χ1v) is 36.0. The van der Waals surface area contributed by atoms with Crippen LogP contribution in [-0.2, 0) is 138 Å². The van der Waals surface area contributed by atoms with Crippen molar-refractivity contribution in [2.45, 2.75) is 250 Å². The summed E-state index contributed by atoms with van der Waals surface area (Å²) < 4.78 is 110. The first kappa shape index (κ1) is 83.2. The van der Waals surface area contributed by atoms with E-state index in [1.54, 1.807) is 125 Å². The van der Waals surface area contributed by atoms with Crippen LogP contribution in [0.1, 0.15) is 152 Å². The molecular formula is C83H110O22. The van der Waals surface area contributed by atoms with Gasteiger partial charge in [-0.25, -0.2) is 0 Å². The second-order valence-corrected chi connectivity index (χ2v) is 33.1. The molecule has 3 aliphatic rings. The minimum Gasteiger partial charge on any atom is -0.462 e. The monoisotopic (exact) mass is 1460 g/mol. The Hall–Kier alpha value is -7.48. The Bertz CT molecular complexity index is 3550. The summed E-state index contributed by atoms with van der Waals surface area (Å²) in [5.41, 5.74) is -3.22. The fourth-order valence-electron chi connectivity index (χ4n) is 11.0. The Kier molecular flexibility index (Phi) is 28.8. The van der Waals surface area contributed by atoms with E-state index in [1.807, 2.05) is 152 Å². The van der Waals surface area contributed by atoms with Gasteiger partial charge in [0, 0.05) is 0 Å². The normalized spacial score (nSPS) is 25.4. The van der Waals surface area contributed by atoms with E-state index in [4.69, 9.17) is 75.8 Å². The number of carbonyl (C=O) groups excluding carboxylic acids is 6. The predicted molar refractivity (Wildman–Crippen MR) is 386 cm³/mol. The van der Waals surface area contributed by atoms with Crippen LogP contribution in [0.15, 0.2) is 152 Å². The lowest BCUT2D eigenvalue weighted by molar-refractivity contribution is -0.387. The molecule has 105 heavy (non-hydrogen) atoms. The molecule has 0 aliphatic carbocycles. The number of rotatable bonds is 28. The molecule has 0 amide bonds. The van der Waals surface area contributed by atoms with Gasteiger partial charge in [-0.1, -0.05) is 152 Å². The molecule has 0 radical (unpaired) electrons. The number of ether oxygens (including phenoxy) is 16. The van der Waals surface area contributed by atoms with Crippen LogP contribution in [0.5, 0.6) is 0 Å². The maximum Gasteiger partial charge on any atom is 0.311 e. The van der Waals surface area contributed by atoms with Crippen LogP contribution in [0.4, 0.5) is 0 Å². The Balaban J connectivity index is 1.38. The van der Waals surface area contributed by atoms with Gasteiger partial charge in [-0.15, -0.1) is 0 Å². The van der Waals surface area contributed by atoms with E-state index in [2.05, 4.69) is 0 Å². The zero-order valence-electron chi connectivity index (χ0n) is 64.2. The van der Waals surface area contributed by atoms with Crippen molar-refractivity contribution in [1.82, 2.24) is 0 Å². The number of benzene rings is 5. The fourth-order valence-corrected chi connectivity index (χ4v) is 11.0. The Labute approximate surface area is 619 Å². The standard InChI is InChI=1S/C83H110O22/c1-78(2,3)72(84)95-50-58-61(65(103-75(87)81(10,11)12)67(104-76(88)82(13,14)15)69(97-58)94-48-56-42-32-23-33-43-56)100-71-68(105-77(89)83(16,17)18)64(62(102-74(86)80(7,8)9)59(99-71)51-96-73(85)79(4,5)6)101-70-66(93-47-55-40-30-22-31-41-55)63(92-46-54-38-28-21-29-39-54)60(91-45-53-36-26-20-27-37-53)57(98-70)49-90-44-52-34-24-19-25-35-52/h19-43,57-71H,44-51H2,1-18H3/t57-,58-,59-,60+,61-,62+,63+,64+,65+,66-,67-,68-,69-,70-,71+/m1/s1. The summed E-state index contributed by atoms with van der Waals surface area (Å²) in [6, 6.07) is 47.2. The van der Waals surface area contributed by atoms with E-state index in [0.29, 0.717) is 5.56 Å². The van der Waals surface area contributed by atoms with Crippen molar-refractivity contribution in [1.29, 1.82) is 0 Å². The highest BCUT2D eigenvalue weighted by Crippen LogP contribution is 2.42. The summed E-state index contributed by atoms with van der Waals surface area (Å²) >= 11 is 0. The highest BCUT2D eigenvalue weighted by molar-refractivity contribution is 5.78. The number of hydrogen-bond acceptors (Lipinski definition) is 22. The summed E-state index contributed by atoms with van der Waals surface area (Å²) in [5.74, 6) is -4.56. The molecule has 3 heterocycles. The topological polar surface area (TPSA) is 250 Å². The second kappa shape index (κ2) is 36.4. The van der Waals surface area contributed by atoms with E-state index < -0.39 is 174 Å². The van der Waals surface area contributed by atoms with Crippen LogP contribution in [0.25, 0.3) is 0 Å². The molecule has 3 fully saturated rings. The van der Waals surface area contributed by atoms with Gasteiger partial charge < -0.3 is 75.8 Å². The lowest BCUT2D eigenvalue weighted by Crippen LogP contribution is -2.69. The van der Waals surface area contributed by atoms with E-state index in [-0.39, 0.29) is 39.6 Å². The minimum absolute atomic E-state index is 0.0269. The quantitative estimate of drug-likeness (QED) is 0.0333. The first-order chi connectivity index (χ1) is 49.3. The van der Waals surface area contributed by atoms with Crippen LogP contribution in [0, 0.1) is 32.5 Å². The summed E-state index contributed by atoms with van der Waals surface area (Å²) in [7, 11) is 0. The van der Waals surface area contributed by atoms with Gasteiger partial charge in [0.05, 0.1) is 72.1 Å². The third kappa shape index (κ3) is 24.3. The fraction of sp³-hybridized carbons (Fsp3) is 0.566. The zero-order chi connectivity index (χ0) is 76.7. The van der Waals surface area contributed by atoms with Gasteiger partial charge >= 0.3 is 35.8 Å². The smallest absolute Gasteiger partial charge is 0.311 e. The lowest BCUT2D eigenvalue weighted by atomic mass is 9.92. The Morgan fingerprint density at radius 3 is 0.924 bits per heavy atom. The highest BCUT2D eigenvalue weighted by Gasteiger charge is 2.61. The van der Waals surface area contributed by atoms with Crippen LogP contribution < -0.4 is 0 Å². The Morgan fingerprint density at radius 2 is 0.543 bits per heavy atom. The Morgan fingerprint density at radius 1 is 0.267 bits per heavy atom. The van der Waals surface area contributed by atoms with Gasteiger partial charge in [0.25, 0.3) is 0 Å². The molecule has 3 saturated heterocycles. The molecule has 5 aromatic carbocycles. The number of esters is 6. The largest absolute Gasteiger partial charge is 0.462 e. The van der Waals surface area contributed by atoms with Gasteiger partial charge in [-0.05, 0) is 152 Å². The van der Waals surface area contributed by atoms with Crippen molar-refractivity contribution in [2.75, 3.05) is 19.8 Å². The average Bonchev–Trinajstić information content (AvgIpc) is 0.758. The zero-order valence-corrected chi connectivity index (χ0v) is 64.2. The van der Waals surface area contributed by atoms with Crippen molar-refractivity contribution < 1.29 is 105 Å². The molecule has 0 N–H and O–H groups in total. The van der Waals surface area contributed by atoms with Gasteiger partial charge in [0.2, 0.25) is 0 Å². The predicted octanol–water partition coefficient (Wildman–Crippen LogP) is 13.1. The average molecular weight is 1460 g/mol. The van der Waals surface area contributed by atoms with Gasteiger partial charge in [0.15, 0.2) is 43.3 Å². The molecule has 0 bridgehead atoms. The van der Waals surface area contributed by atoms with Crippen LogP contribution in [0.2, 0.25) is 0 Å². The molecular weight excluding hydrogens is 1350 g/mol. The van der Waals surface area contributed by atoms with Gasteiger partial charge in [0.1, 0.15) is 62.0 Å². The lowest BCUT2D eigenvalue weighted by Gasteiger charge is -2.51. The van der Waals surface area contributed by atoms with Crippen LogP contribution >= 0.6 is 0 Å². The molecule has 22 heteroatoms. The molecule has 8 rings (SSSR count). The van der Waals surface area contributed by atoms with Gasteiger partial charge in [-0.2, -0.15) is 0 Å². The maximum atomic E-state index is 15.3. The van der Waals surface area contributed by atoms with Crippen molar-refractivity contribution >= 4 is 35.8 Å². The third-order valence-electron chi connectivity index (χ3n) is 17.3. The molecule has 22 nitrogen and oxygen atoms in total. The minimum atomic E-state index is -2.00. The van der Waals surface area contributed by atoms with E-state index in [1.165, 1.54) is 0 Å². The highest BCUT2D eigenvalue weighted by atomic mass is 16.8. The van der Waals surface area contributed by atoms with E-state index in [0.717, 1.165) is 22.3 Å². The first-order valence-electron chi connectivity index (χ1n) is 36.0. The third-order valence-corrected chi connectivity index (χ3v) is 17.3. The molecule has 0 saturated carbocycles. The molecule has 574 valence electrons. The molecule has 3 aliphatic heterocycles. The van der Waals surface area contributed by atoms with Crippen molar-refractivity contribution in [3.05, 3.63) is 179 Å². The molecule has 5 aromatic rings. The number of hydrogen-bond donors (Lipinski definition) is 0. The summed E-state index contributed by atoms with van der Waals surface area (Å²) in [6.45, 7) is 28.2. The molecule has 0 aromatic heterocycles. The molecule has 0 unspecified atom stereocenters. The second-order valence-electron chi connectivity index (χ2n) is 33.1. The maximum absolute atomic E-state index is 15.3. The van der Waals surface area contributed by atoms with Crippen molar-refractivity contribution in [2.24, 2.45) is 32.5 Å². The van der Waals surface area contributed by atoms with Crippen LogP contribution in [-0.4, -0.2) is 148 Å². The van der Waals surface area contributed by atoms with Gasteiger partial charge in [-0.3, -0.25) is 28.8 Å². The van der Waals surface area contributed by atoms with Crippen molar-refractivity contribution in [3.63, 3.8) is 0 Å². The SMILES string of the molecule is CC(C)(C)C(=O)OC[C@H]1O[C@@H](O[C@H]2[C@H](OC(=O)C(C)(C)C)[C@@H](OC(=O)C(C)(C)C)[C@H](OCc3ccccc3)O[C@@H]2COC(=O)C(C)(C)C)[C@H](OC(=O)C(C)(C)C)[C@@H](O[C@H]2O[C@H](COCc3ccccc3)[C@H](OCc3ccccc3)[C@H](OCc3ccccc3)[C@H]2OCc2ccccc2)[C@H]1OC(=O)C(C)(C)C. The summed E-state index contributed by atoms with van der Waals surface area (Å²) in [6.07, 6.45) is -23.5. The molecule has 15 atom stereocenters. The van der Waals surface area contributed by atoms with Crippen LogP contribution in [0.3, 0.4) is 0 Å². The van der Waals surface area contributed by atoms with Crippen molar-refractivity contribution in [3.8, 4) is 0 Å². The summed E-state index contributed by atoms with van der Waals surface area (Å²) in [5, 5.41) is 0. The summed E-state index contributed by atoms with van der Waals surface area (Å²) in [4.78, 5) is 88.0. The molecule has 0 spiro atoms.